The summed E-state index contributed by atoms with van der Waals surface area (Å²) in [4.78, 5) is 0. The summed E-state index contributed by atoms with van der Waals surface area (Å²) in [6.45, 7) is 3.94. The number of hydrogen-bond donors (Lipinski definition) is 2. The summed E-state index contributed by atoms with van der Waals surface area (Å²) in [5.74, 6) is 0. The molecule has 0 heterocycles. The standard InChI is InChI=1S/C12H13F13O3S.C3H7N/c13-1(3(15)5(17)7(19)9(21)11(23)24)2(14)4(16)6(18)8(20)10(22)12(25)29(26,27)28;1-2-3-4/h1-12H,(H,26,27,28);2H,1,3-4H2. The first-order valence-electron chi connectivity index (χ1n) is 8.48. The Morgan fingerprint density at radius 2 is 0.818 bits per heavy atom. The molecule has 0 spiro atoms. The van der Waals surface area contributed by atoms with Crippen LogP contribution in [0.4, 0.5) is 57.1 Å². The van der Waals surface area contributed by atoms with Crippen LogP contribution >= 0.6 is 0 Å². The minimum absolute atomic E-state index is 0.583. The third-order valence-corrected chi connectivity index (χ3v) is 4.51. The molecule has 0 saturated carbocycles. The largest absolute Gasteiger partial charge is 0.327 e. The van der Waals surface area contributed by atoms with E-state index in [2.05, 4.69) is 6.58 Å². The van der Waals surface area contributed by atoms with Gasteiger partial charge in [0.05, 0.1) is 0 Å². The van der Waals surface area contributed by atoms with Crippen LogP contribution in [0.2, 0.25) is 0 Å². The topological polar surface area (TPSA) is 80.4 Å². The molecule has 0 aliphatic carbocycles. The van der Waals surface area contributed by atoms with E-state index >= 15 is 0 Å². The summed E-state index contributed by atoms with van der Waals surface area (Å²) >= 11 is 0. The van der Waals surface area contributed by atoms with Crippen molar-refractivity contribution in [2.45, 2.75) is 73.6 Å². The van der Waals surface area contributed by atoms with E-state index in [4.69, 9.17) is 10.3 Å². The Labute approximate surface area is 179 Å². The molecule has 33 heavy (non-hydrogen) atoms. The summed E-state index contributed by atoms with van der Waals surface area (Å²) in [7, 11) is -5.98. The maximum Gasteiger partial charge on any atom is 0.300 e. The van der Waals surface area contributed by atoms with Crippen LogP contribution < -0.4 is 5.73 Å². The normalized spacial score (nSPS) is 22.4. The highest BCUT2D eigenvalue weighted by Gasteiger charge is 2.52. The van der Waals surface area contributed by atoms with E-state index in [1.807, 2.05) is 0 Å². The SMILES string of the molecule is C=CCN.O=S(=O)(O)C(F)C(F)C(F)C(F)C(F)C(F)C(F)C(F)C(F)C(F)C(F)C(F)F. The van der Waals surface area contributed by atoms with Crippen LogP contribution in [0.25, 0.3) is 0 Å². The van der Waals surface area contributed by atoms with Crippen LogP contribution in [0.3, 0.4) is 0 Å². The van der Waals surface area contributed by atoms with Crippen molar-refractivity contribution in [3.8, 4) is 0 Å². The van der Waals surface area contributed by atoms with Gasteiger partial charge in [0.2, 0.25) is 0 Å². The van der Waals surface area contributed by atoms with E-state index in [1.165, 1.54) is 0 Å². The molecule has 0 aromatic rings. The third kappa shape index (κ3) is 10.2. The number of hydrogen-bond acceptors (Lipinski definition) is 3. The summed E-state index contributed by atoms with van der Waals surface area (Å²) in [5.41, 5.74) is 0.724. The lowest BCUT2D eigenvalue weighted by atomic mass is 9.96. The van der Waals surface area contributed by atoms with Crippen LogP contribution in [-0.2, 0) is 10.1 Å². The fourth-order valence-corrected chi connectivity index (χ4v) is 2.33. The van der Waals surface area contributed by atoms with E-state index < -0.39 is 83.8 Å². The van der Waals surface area contributed by atoms with E-state index in [0.29, 0.717) is 6.54 Å². The Bertz CT molecular complexity index is 661. The van der Waals surface area contributed by atoms with Crippen LogP contribution in [0, 0.1) is 0 Å². The Balaban J connectivity index is 0. The average molecular weight is 541 g/mol. The second-order valence-corrected chi connectivity index (χ2v) is 7.65. The maximum atomic E-state index is 13.4. The molecule has 0 aliphatic heterocycles. The molecule has 200 valence electrons. The predicted molar refractivity (Wildman–Crippen MR) is 90.7 cm³/mol. The van der Waals surface area contributed by atoms with Crippen molar-refractivity contribution in [1.29, 1.82) is 0 Å². The fourth-order valence-electron chi connectivity index (χ4n) is 1.85. The summed E-state index contributed by atoms with van der Waals surface area (Å²) in [6.07, 6.45) is -44.4. The van der Waals surface area contributed by atoms with Gasteiger partial charge in [-0.15, -0.1) is 6.58 Å². The molecule has 4 nitrogen and oxygen atoms in total. The van der Waals surface area contributed by atoms with Crippen molar-refractivity contribution in [2.24, 2.45) is 5.73 Å². The van der Waals surface area contributed by atoms with E-state index in [1.54, 1.807) is 6.08 Å². The molecule has 0 rings (SSSR count). The molecule has 0 radical (unpaired) electrons. The van der Waals surface area contributed by atoms with Gasteiger partial charge in [-0.25, -0.2) is 57.1 Å². The van der Waals surface area contributed by atoms with Gasteiger partial charge in [-0.1, -0.05) is 6.08 Å². The molecule has 0 aromatic heterocycles. The number of rotatable bonds is 13. The lowest BCUT2D eigenvalue weighted by Crippen LogP contribution is -2.50. The Kier molecular flexibility index (Phi) is 15.2. The van der Waals surface area contributed by atoms with Gasteiger partial charge < -0.3 is 5.73 Å². The van der Waals surface area contributed by atoms with Gasteiger partial charge in [-0.05, 0) is 0 Å². The van der Waals surface area contributed by atoms with Crippen molar-refractivity contribution in [3.63, 3.8) is 0 Å². The Hall–Kier alpha value is -1.30. The van der Waals surface area contributed by atoms with Crippen LogP contribution in [0.1, 0.15) is 0 Å². The molecule has 0 aliphatic rings. The van der Waals surface area contributed by atoms with Crippen LogP contribution in [-0.4, -0.2) is 93.2 Å². The lowest BCUT2D eigenvalue weighted by molar-refractivity contribution is -0.0775. The van der Waals surface area contributed by atoms with Crippen molar-refractivity contribution in [1.82, 2.24) is 0 Å². The second-order valence-electron chi connectivity index (χ2n) is 6.17. The van der Waals surface area contributed by atoms with Crippen molar-refractivity contribution >= 4 is 10.1 Å². The molecule has 3 N–H and O–H groups in total. The van der Waals surface area contributed by atoms with E-state index in [0.717, 1.165) is 0 Å². The number of alkyl halides is 13. The molecule has 18 heteroatoms. The summed E-state index contributed by atoms with van der Waals surface area (Å²) in [6, 6.07) is 0. The van der Waals surface area contributed by atoms with Crippen molar-refractivity contribution in [2.75, 3.05) is 6.54 Å². The summed E-state index contributed by atoms with van der Waals surface area (Å²) in [5, 5.41) is 0. The monoisotopic (exact) mass is 541 g/mol. The first-order chi connectivity index (χ1) is 14.9. The second kappa shape index (κ2) is 14.9. The zero-order valence-corrected chi connectivity index (χ0v) is 16.9. The zero-order valence-electron chi connectivity index (χ0n) is 16.1. The van der Waals surface area contributed by atoms with Crippen molar-refractivity contribution < 1.29 is 70.0 Å². The van der Waals surface area contributed by atoms with Gasteiger partial charge in [0, 0.05) is 6.54 Å². The molecule has 11 atom stereocenters. The minimum atomic E-state index is -5.98. The van der Waals surface area contributed by atoms with Gasteiger partial charge in [-0.3, -0.25) is 4.55 Å². The molecule has 11 unspecified atom stereocenters. The number of nitrogens with two attached hydrogens (primary N) is 1. The van der Waals surface area contributed by atoms with Crippen molar-refractivity contribution in [3.05, 3.63) is 12.7 Å². The van der Waals surface area contributed by atoms with Gasteiger partial charge >= 0.3 is 10.1 Å². The molecule has 0 aromatic carbocycles. The highest BCUT2D eigenvalue weighted by Crippen LogP contribution is 2.31. The smallest absolute Gasteiger partial charge is 0.300 e. The third-order valence-electron chi connectivity index (χ3n) is 3.68. The zero-order chi connectivity index (χ0) is 26.8. The van der Waals surface area contributed by atoms with Gasteiger partial charge in [0.1, 0.15) is 0 Å². The molecule has 0 bridgehead atoms. The summed E-state index contributed by atoms with van der Waals surface area (Å²) < 4.78 is 197. The molecule has 0 saturated heterocycles. The first kappa shape index (κ1) is 33.9. The average Bonchev–Trinajstić information content (AvgIpc) is 2.77. The quantitative estimate of drug-likeness (QED) is 0.210. The van der Waals surface area contributed by atoms with Crippen LogP contribution in [0.5, 0.6) is 0 Å². The minimum Gasteiger partial charge on any atom is -0.327 e. The predicted octanol–water partition coefficient (Wildman–Crippen LogP) is 3.95. The van der Waals surface area contributed by atoms with Gasteiger partial charge in [-0.2, -0.15) is 8.42 Å². The lowest BCUT2D eigenvalue weighted by Gasteiger charge is -2.27. The van der Waals surface area contributed by atoms with Gasteiger partial charge in [0.25, 0.3) is 11.9 Å². The van der Waals surface area contributed by atoms with E-state index in [-0.39, 0.29) is 0 Å². The van der Waals surface area contributed by atoms with E-state index in [9.17, 15) is 65.5 Å². The maximum absolute atomic E-state index is 13.4. The van der Waals surface area contributed by atoms with Crippen LogP contribution in [0.15, 0.2) is 12.7 Å². The Morgan fingerprint density at radius 1 is 0.606 bits per heavy atom. The first-order valence-corrected chi connectivity index (χ1v) is 9.98. The Morgan fingerprint density at radius 3 is 1.00 bits per heavy atom. The highest BCUT2D eigenvalue weighted by molar-refractivity contribution is 7.86. The fraction of sp³-hybridized carbons (Fsp3) is 0.867. The van der Waals surface area contributed by atoms with Gasteiger partial charge in [0.15, 0.2) is 61.7 Å². The molecule has 0 amide bonds. The number of halogens is 13. The molecular weight excluding hydrogens is 521 g/mol. The highest BCUT2D eigenvalue weighted by atomic mass is 32.2. The molecule has 0 fully saturated rings. The molecular formula is C15H20F13NO3S.